The molecular weight excluding hydrogens is 402 g/mol. The lowest BCUT2D eigenvalue weighted by Gasteiger charge is -2.23. The van der Waals surface area contributed by atoms with Crippen molar-refractivity contribution in [2.75, 3.05) is 13.6 Å². The molecule has 2 aromatic rings. The number of hydrogen-bond acceptors (Lipinski definition) is 3. The number of hydrogen-bond donors (Lipinski definition) is 2. The van der Waals surface area contributed by atoms with E-state index in [4.69, 9.17) is 5.73 Å². The number of nitrogens with two attached hydrogens (primary N) is 1. The van der Waals surface area contributed by atoms with Gasteiger partial charge in [-0.2, -0.15) is 27.0 Å². The third-order valence-corrected chi connectivity index (χ3v) is 5.10. The minimum atomic E-state index is -0.497. The fourth-order valence-electron chi connectivity index (χ4n) is 3.63. The molecule has 3 rings (SSSR count). The minimum absolute atomic E-state index is 0. The van der Waals surface area contributed by atoms with Crippen molar-refractivity contribution in [2.45, 2.75) is 38.3 Å². The van der Waals surface area contributed by atoms with Gasteiger partial charge in [0.25, 0.3) is 5.91 Å². The highest BCUT2D eigenvalue weighted by atomic mass is 32.1. The van der Waals surface area contributed by atoms with Gasteiger partial charge in [0.15, 0.2) is 0 Å². The standard InChI is InChI=1S/C22H27N3O2.2H2S/c1-3-4-15-5-7-16(8-6-15)17-9-11-18(12-10-17)22(27)25-14-19(23)13-20(25)21(26)24-2;;/h5-12,19-20H,3-4,13-14,23H2,1-2H3,(H,24,26);2*1H2/t19-,20-;;/m0../s1. The van der Waals surface area contributed by atoms with E-state index in [-0.39, 0.29) is 44.8 Å². The Hall–Kier alpha value is -1.96. The van der Waals surface area contributed by atoms with Crippen LogP contribution in [0.15, 0.2) is 48.5 Å². The molecule has 0 aromatic heterocycles. The van der Waals surface area contributed by atoms with Gasteiger partial charge in [-0.05, 0) is 41.7 Å². The number of nitrogens with zero attached hydrogens (tertiary/aromatic N) is 1. The fraction of sp³-hybridized carbons (Fsp3) is 0.364. The second-order valence-corrected chi connectivity index (χ2v) is 7.11. The molecule has 0 aliphatic carbocycles. The summed E-state index contributed by atoms with van der Waals surface area (Å²) in [5.74, 6) is -0.318. The molecule has 7 heteroatoms. The molecule has 2 aromatic carbocycles. The van der Waals surface area contributed by atoms with Gasteiger partial charge in [-0.3, -0.25) is 9.59 Å². The van der Waals surface area contributed by atoms with E-state index in [1.165, 1.54) is 5.56 Å². The molecule has 1 aliphatic rings. The van der Waals surface area contributed by atoms with Crippen molar-refractivity contribution < 1.29 is 9.59 Å². The molecule has 0 unspecified atom stereocenters. The van der Waals surface area contributed by atoms with E-state index in [9.17, 15) is 9.59 Å². The maximum atomic E-state index is 12.9. The molecule has 1 fully saturated rings. The van der Waals surface area contributed by atoms with Gasteiger partial charge in [0.1, 0.15) is 6.04 Å². The number of likely N-dealkylation sites (tertiary alicyclic amines) is 1. The monoisotopic (exact) mass is 433 g/mol. The number of carbonyl (C=O) groups is 2. The summed E-state index contributed by atoms with van der Waals surface area (Å²) in [4.78, 5) is 26.5. The van der Waals surface area contributed by atoms with Crippen molar-refractivity contribution >= 4 is 38.8 Å². The summed E-state index contributed by atoms with van der Waals surface area (Å²) in [6, 6.07) is 15.4. The van der Waals surface area contributed by atoms with E-state index in [0.717, 1.165) is 24.0 Å². The Morgan fingerprint density at radius 3 is 2.10 bits per heavy atom. The Bertz CT molecular complexity index is 810. The highest BCUT2D eigenvalue weighted by Gasteiger charge is 2.37. The molecule has 2 amide bonds. The molecule has 2 atom stereocenters. The van der Waals surface area contributed by atoms with Crippen LogP contribution in [0.25, 0.3) is 11.1 Å². The maximum absolute atomic E-state index is 12.9. The second kappa shape index (κ2) is 11.3. The first-order chi connectivity index (χ1) is 13.0. The summed E-state index contributed by atoms with van der Waals surface area (Å²) in [5, 5.41) is 2.62. The largest absolute Gasteiger partial charge is 0.357 e. The van der Waals surface area contributed by atoms with Crippen LogP contribution in [0.1, 0.15) is 35.7 Å². The minimum Gasteiger partial charge on any atom is -0.357 e. The number of nitrogens with one attached hydrogen (secondary N) is 1. The highest BCUT2D eigenvalue weighted by molar-refractivity contribution is 7.59. The summed E-state index contributed by atoms with van der Waals surface area (Å²) >= 11 is 0. The molecule has 3 N–H and O–H groups in total. The van der Waals surface area contributed by atoms with Crippen LogP contribution in [0.4, 0.5) is 0 Å². The molecule has 29 heavy (non-hydrogen) atoms. The lowest BCUT2D eigenvalue weighted by Crippen LogP contribution is -2.45. The molecule has 0 spiro atoms. The Balaban J connectivity index is 0.00000210. The summed E-state index contributed by atoms with van der Waals surface area (Å²) in [6.45, 7) is 2.57. The normalized spacial score (nSPS) is 17.8. The first-order valence-corrected chi connectivity index (χ1v) is 9.51. The van der Waals surface area contributed by atoms with E-state index in [0.29, 0.717) is 18.5 Å². The fourth-order valence-corrected chi connectivity index (χ4v) is 3.63. The van der Waals surface area contributed by atoms with Crippen molar-refractivity contribution in [3.05, 3.63) is 59.7 Å². The highest BCUT2D eigenvalue weighted by Crippen LogP contribution is 2.24. The van der Waals surface area contributed by atoms with Gasteiger partial charge in [-0.1, -0.05) is 49.7 Å². The SMILES string of the molecule is CCCc1ccc(-c2ccc(C(=O)N3C[C@@H](N)C[C@H]3C(=O)NC)cc2)cc1.S.S. The lowest BCUT2D eigenvalue weighted by molar-refractivity contribution is -0.124. The first kappa shape index (κ1) is 25.1. The van der Waals surface area contributed by atoms with Crippen LogP contribution in [0.2, 0.25) is 0 Å². The van der Waals surface area contributed by atoms with E-state index in [2.05, 4.69) is 36.5 Å². The third kappa shape index (κ3) is 5.78. The Labute approximate surface area is 186 Å². The molecule has 1 saturated heterocycles. The van der Waals surface area contributed by atoms with Crippen LogP contribution in [0, 0.1) is 0 Å². The van der Waals surface area contributed by atoms with Crippen LogP contribution in [-0.4, -0.2) is 42.4 Å². The summed E-state index contributed by atoms with van der Waals surface area (Å²) in [5.41, 5.74) is 10.1. The predicted molar refractivity (Wildman–Crippen MR) is 128 cm³/mol. The summed E-state index contributed by atoms with van der Waals surface area (Å²) in [7, 11) is 1.58. The molecular formula is C22H31N3O2S2. The molecule has 0 bridgehead atoms. The molecule has 158 valence electrons. The van der Waals surface area contributed by atoms with Crippen molar-refractivity contribution in [1.29, 1.82) is 0 Å². The number of rotatable bonds is 5. The van der Waals surface area contributed by atoms with Crippen LogP contribution in [0.5, 0.6) is 0 Å². The van der Waals surface area contributed by atoms with E-state index >= 15 is 0 Å². The van der Waals surface area contributed by atoms with Crippen molar-refractivity contribution in [3.63, 3.8) is 0 Å². The van der Waals surface area contributed by atoms with Gasteiger partial charge < -0.3 is 16.0 Å². The smallest absolute Gasteiger partial charge is 0.254 e. The van der Waals surface area contributed by atoms with Crippen molar-refractivity contribution in [3.8, 4) is 11.1 Å². The topological polar surface area (TPSA) is 75.4 Å². The quantitative estimate of drug-likeness (QED) is 0.761. The Morgan fingerprint density at radius 2 is 1.59 bits per heavy atom. The maximum Gasteiger partial charge on any atom is 0.254 e. The lowest BCUT2D eigenvalue weighted by atomic mass is 10.0. The zero-order valence-corrected chi connectivity index (χ0v) is 18.9. The Morgan fingerprint density at radius 1 is 1.03 bits per heavy atom. The van der Waals surface area contributed by atoms with Crippen LogP contribution < -0.4 is 11.1 Å². The van der Waals surface area contributed by atoms with Gasteiger partial charge >= 0.3 is 0 Å². The second-order valence-electron chi connectivity index (χ2n) is 7.11. The third-order valence-electron chi connectivity index (χ3n) is 5.10. The summed E-state index contributed by atoms with van der Waals surface area (Å²) < 4.78 is 0. The zero-order valence-electron chi connectivity index (χ0n) is 16.9. The molecule has 1 heterocycles. The van der Waals surface area contributed by atoms with Gasteiger partial charge in [0, 0.05) is 25.2 Å². The van der Waals surface area contributed by atoms with E-state index < -0.39 is 6.04 Å². The van der Waals surface area contributed by atoms with Crippen LogP contribution in [0.3, 0.4) is 0 Å². The number of amides is 2. The molecule has 0 radical (unpaired) electrons. The van der Waals surface area contributed by atoms with Gasteiger partial charge in [-0.15, -0.1) is 0 Å². The van der Waals surface area contributed by atoms with E-state index in [1.807, 2.05) is 24.3 Å². The van der Waals surface area contributed by atoms with Gasteiger partial charge in [0.2, 0.25) is 5.91 Å². The summed E-state index contributed by atoms with van der Waals surface area (Å²) in [6.07, 6.45) is 2.71. The molecule has 5 nitrogen and oxygen atoms in total. The number of likely N-dealkylation sites (N-methyl/N-ethyl adjacent to an activating group) is 1. The Kier molecular flexibility index (Phi) is 9.76. The van der Waals surface area contributed by atoms with Crippen LogP contribution in [-0.2, 0) is 11.2 Å². The van der Waals surface area contributed by atoms with Gasteiger partial charge in [0.05, 0.1) is 0 Å². The molecule has 1 aliphatic heterocycles. The zero-order chi connectivity index (χ0) is 19.4. The molecule has 0 saturated carbocycles. The average Bonchev–Trinajstić information content (AvgIpc) is 3.09. The first-order valence-electron chi connectivity index (χ1n) is 9.51. The average molecular weight is 434 g/mol. The van der Waals surface area contributed by atoms with E-state index in [1.54, 1.807) is 11.9 Å². The van der Waals surface area contributed by atoms with Crippen LogP contribution >= 0.6 is 27.0 Å². The van der Waals surface area contributed by atoms with Gasteiger partial charge in [-0.25, -0.2) is 0 Å². The number of aryl methyl sites for hydroxylation is 1. The number of carbonyl (C=O) groups excluding carboxylic acids is 2. The predicted octanol–water partition coefficient (Wildman–Crippen LogP) is 2.82. The van der Waals surface area contributed by atoms with Crippen molar-refractivity contribution in [2.24, 2.45) is 5.73 Å². The van der Waals surface area contributed by atoms with Crippen molar-refractivity contribution in [1.82, 2.24) is 10.2 Å². The number of benzene rings is 2.